The van der Waals surface area contributed by atoms with Crippen molar-refractivity contribution in [2.24, 2.45) is 5.92 Å². The van der Waals surface area contributed by atoms with Gasteiger partial charge in [0.05, 0.1) is 5.92 Å². The van der Waals surface area contributed by atoms with E-state index in [2.05, 4.69) is 26.2 Å². The Hall–Kier alpha value is -2.77. The molecule has 3 atom stereocenters. The topological polar surface area (TPSA) is 74.8 Å². The largest absolute Gasteiger partial charge is 0.446 e. The van der Waals surface area contributed by atoms with E-state index in [-0.39, 0.29) is 35.6 Å². The fraction of sp³-hybridized carbons (Fsp3) is 0.500. The lowest BCUT2D eigenvalue weighted by Crippen LogP contribution is -2.63. The number of nitrogens with one attached hydrogen (secondary N) is 1. The van der Waals surface area contributed by atoms with Gasteiger partial charge in [-0.25, -0.2) is 0 Å². The molecule has 7 heteroatoms. The van der Waals surface area contributed by atoms with Crippen molar-refractivity contribution in [3.8, 4) is 0 Å². The molecule has 4 rings (SSSR count). The number of hydrogen-bond acceptors (Lipinski definition) is 6. The van der Waals surface area contributed by atoms with Gasteiger partial charge in [-0.2, -0.15) is 0 Å². The quantitative estimate of drug-likeness (QED) is 0.682. The molecular formula is C26H34N4O3. The Morgan fingerprint density at radius 3 is 2.58 bits per heavy atom. The second-order valence-corrected chi connectivity index (χ2v) is 10.1. The molecule has 7 nitrogen and oxygen atoms in total. The molecule has 0 bridgehead atoms. The van der Waals surface area contributed by atoms with Crippen LogP contribution in [-0.4, -0.2) is 64.1 Å². The summed E-state index contributed by atoms with van der Waals surface area (Å²) in [6, 6.07) is 13.6. The molecule has 0 spiro atoms. The molecule has 1 aromatic carbocycles. The predicted molar refractivity (Wildman–Crippen MR) is 126 cm³/mol. The third kappa shape index (κ3) is 6.18. The minimum Gasteiger partial charge on any atom is -0.446 e. The molecule has 2 aliphatic heterocycles. The first-order valence-electron chi connectivity index (χ1n) is 11.7. The van der Waals surface area contributed by atoms with Crippen LogP contribution >= 0.6 is 0 Å². The second kappa shape index (κ2) is 10.0. The van der Waals surface area contributed by atoms with E-state index in [1.54, 1.807) is 6.20 Å². The molecule has 2 fully saturated rings. The highest BCUT2D eigenvalue weighted by atomic mass is 16.6. The third-order valence-corrected chi connectivity index (χ3v) is 6.20. The molecule has 3 heterocycles. The van der Waals surface area contributed by atoms with Crippen molar-refractivity contribution in [3.05, 3.63) is 66.0 Å². The molecule has 1 aromatic heterocycles. The smallest absolute Gasteiger partial charge is 0.311 e. The van der Waals surface area contributed by atoms with E-state index >= 15 is 0 Å². The summed E-state index contributed by atoms with van der Waals surface area (Å²) in [4.78, 5) is 34.5. The lowest BCUT2D eigenvalue weighted by Gasteiger charge is -2.43. The Labute approximate surface area is 196 Å². The highest BCUT2D eigenvalue weighted by Crippen LogP contribution is 2.30. The van der Waals surface area contributed by atoms with Gasteiger partial charge in [0.1, 0.15) is 6.04 Å². The highest BCUT2D eigenvalue weighted by molar-refractivity contribution is 5.83. The fourth-order valence-electron chi connectivity index (χ4n) is 4.66. The highest BCUT2D eigenvalue weighted by Gasteiger charge is 2.44. The summed E-state index contributed by atoms with van der Waals surface area (Å²) >= 11 is 0. The zero-order valence-corrected chi connectivity index (χ0v) is 19.7. The van der Waals surface area contributed by atoms with Crippen LogP contribution in [-0.2, 0) is 27.3 Å². The lowest BCUT2D eigenvalue weighted by atomic mass is 9.96. The van der Waals surface area contributed by atoms with Gasteiger partial charge >= 0.3 is 5.97 Å². The van der Waals surface area contributed by atoms with Crippen LogP contribution in [0, 0.1) is 5.92 Å². The molecule has 1 N–H and O–H groups in total. The number of carbonyl (C=O) groups excluding carboxylic acids is 2. The van der Waals surface area contributed by atoms with Crippen LogP contribution in [0.4, 0.5) is 0 Å². The molecule has 0 radical (unpaired) electrons. The van der Waals surface area contributed by atoms with E-state index < -0.39 is 0 Å². The number of hydrogen-bond donors (Lipinski definition) is 1. The average Bonchev–Trinajstić information content (AvgIpc) is 3.14. The van der Waals surface area contributed by atoms with Crippen molar-refractivity contribution in [1.82, 2.24) is 20.1 Å². The molecule has 1 amide bonds. The van der Waals surface area contributed by atoms with E-state index in [9.17, 15) is 9.59 Å². The van der Waals surface area contributed by atoms with Crippen LogP contribution in [0.5, 0.6) is 0 Å². The molecule has 2 aromatic rings. The average molecular weight is 451 g/mol. The number of benzene rings is 1. The minimum absolute atomic E-state index is 0.0269. The zero-order chi connectivity index (χ0) is 23.4. The van der Waals surface area contributed by atoms with E-state index in [0.717, 1.165) is 24.2 Å². The normalized spacial score (nSPS) is 24.5. The first kappa shape index (κ1) is 23.4. The van der Waals surface area contributed by atoms with Crippen LogP contribution in [0.2, 0.25) is 0 Å². The SMILES string of the molecule is CC(C)(C)NC(=O)C1CN(Cc2cccnc2)CCN1C1C[C@@H](Cc2ccccc2)C(=O)O1. The van der Waals surface area contributed by atoms with E-state index in [0.29, 0.717) is 25.9 Å². The number of rotatable bonds is 6. The maximum Gasteiger partial charge on any atom is 0.311 e. The number of aromatic nitrogens is 1. The fourth-order valence-corrected chi connectivity index (χ4v) is 4.66. The summed E-state index contributed by atoms with van der Waals surface area (Å²) in [5, 5.41) is 3.13. The monoisotopic (exact) mass is 450 g/mol. The van der Waals surface area contributed by atoms with Gasteiger partial charge in [-0.3, -0.25) is 24.4 Å². The van der Waals surface area contributed by atoms with Crippen LogP contribution in [0.15, 0.2) is 54.9 Å². The third-order valence-electron chi connectivity index (χ3n) is 6.20. The summed E-state index contributed by atoms with van der Waals surface area (Å²) in [6.07, 6.45) is 4.53. The molecule has 176 valence electrons. The van der Waals surface area contributed by atoms with Gasteiger partial charge in [0.25, 0.3) is 0 Å². The maximum atomic E-state index is 13.3. The van der Waals surface area contributed by atoms with Crippen LogP contribution in [0.25, 0.3) is 0 Å². The van der Waals surface area contributed by atoms with Gasteiger partial charge < -0.3 is 10.1 Å². The number of nitrogens with zero attached hydrogens (tertiary/aromatic N) is 3. The molecule has 0 saturated carbocycles. The van der Waals surface area contributed by atoms with Crippen LogP contribution in [0.3, 0.4) is 0 Å². The van der Waals surface area contributed by atoms with Crippen LogP contribution in [0.1, 0.15) is 38.3 Å². The number of piperazine rings is 1. The minimum atomic E-state index is -0.386. The van der Waals surface area contributed by atoms with Crippen molar-refractivity contribution >= 4 is 11.9 Å². The molecule has 2 saturated heterocycles. The predicted octanol–water partition coefficient (Wildman–Crippen LogP) is 2.61. The second-order valence-electron chi connectivity index (χ2n) is 10.1. The van der Waals surface area contributed by atoms with E-state index in [1.807, 2.05) is 63.4 Å². The molecular weight excluding hydrogens is 416 g/mol. The summed E-state index contributed by atoms with van der Waals surface area (Å²) in [5.74, 6) is -0.380. The zero-order valence-electron chi connectivity index (χ0n) is 19.7. The Kier molecular flexibility index (Phi) is 7.10. The van der Waals surface area contributed by atoms with Crippen LogP contribution < -0.4 is 5.32 Å². The Balaban J connectivity index is 1.47. The van der Waals surface area contributed by atoms with E-state index in [4.69, 9.17) is 4.74 Å². The first-order valence-corrected chi connectivity index (χ1v) is 11.7. The summed E-state index contributed by atoms with van der Waals surface area (Å²) in [6.45, 7) is 8.73. The van der Waals surface area contributed by atoms with Gasteiger partial charge in [-0.1, -0.05) is 36.4 Å². The number of esters is 1. The first-order chi connectivity index (χ1) is 15.8. The Morgan fingerprint density at radius 2 is 1.88 bits per heavy atom. The van der Waals surface area contributed by atoms with Gasteiger partial charge in [-0.05, 0) is 44.4 Å². The maximum absolute atomic E-state index is 13.3. The number of carbonyl (C=O) groups is 2. The Bertz CT molecular complexity index is 945. The Morgan fingerprint density at radius 1 is 1.12 bits per heavy atom. The summed E-state index contributed by atoms with van der Waals surface area (Å²) in [7, 11) is 0. The van der Waals surface area contributed by atoms with E-state index in [1.165, 1.54) is 0 Å². The molecule has 2 unspecified atom stereocenters. The molecule has 2 aliphatic rings. The van der Waals surface area contributed by atoms with Crippen molar-refractivity contribution in [3.63, 3.8) is 0 Å². The number of amides is 1. The van der Waals surface area contributed by atoms with Gasteiger partial charge in [0.2, 0.25) is 5.91 Å². The van der Waals surface area contributed by atoms with Gasteiger partial charge in [0.15, 0.2) is 6.23 Å². The van der Waals surface area contributed by atoms with Gasteiger partial charge in [0, 0.05) is 50.5 Å². The number of cyclic esters (lactones) is 1. The van der Waals surface area contributed by atoms with Crippen molar-refractivity contribution in [2.75, 3.05) is 19.6 Å². The van der Waals surface area contributed by atoms with Crippen molar-refractivity contribution < 1.29 is 14.3 Å². The standard InChI is InChI=1S/C26H34N4O3/c1-26(2,3)28-24(31)22-18-29(17-20-10-7-11-27-16-20)12-13-30(22)23-15-21(25(32)33-23)14-19-8-5-4-6-9-19/h4-11,16,21-23H,12-15,17-18H2,1-3H3,(H,28,31)/t21-,22?,23?/m1/s1. The molecule has 0 aliphatic carbocycles. The lowest BCUT2D eigenvalue weighted by molar-refractivity contribution is -0.158. The van der Waals surface area contributed by atoms with Gasteiger partial charge in [-0.15, -0.1) is 0 Å². The molecule has 33 heavy (non-hydrogen) atoms. The van der Waals surface area contributed by atoms with Crippen molar-refractivity contribution in [1.29, 1.82) is 0 Å². The number of ether oxygens (including phenoxy) is 1. The summed E-state index contributed by atoms with van der Waals surface area (Å²) in [5.41, 5.74) is 1.91. The van der Waals surface area contributed by atoms with Crippen molar-refractivity contribution in [2.45, 2.75) is 58.0 Å². The summed E-state index contributed by atoms with van der Waals surface area (Å²) < 4.78 is 5.83. The number of pyridine rings is 1.